The predicted octanol–water partition coefficient (Wildman–Crippen LogP) is 10.3. The molecule has 0 saturated carbocycles. The number of rotatable bonds is 4. The fourth-order valence-corrected chi connectivity index (χ4v) is 6.67. The molecule has 0 bridgehead atoms. The number of nitrogens with zero attached hydrogens (tertiary/aromatic N) is 4. The van der Waals surface area contributed by atoms with Gasteiger partial charge in [0, 0.05) is 34.4 Å². The van der Waals surface area contributed by atoms with Crippen molar-refractivity contribution in [1.82, 2.24) is 19.5 Å². The summed E-state index contributed by atoms with van der Waals surface area (Å²) in [4.78, 5) is 14.4. The first-order chi connectivity index (χ1) is 22.3. The highest BCUT2D eigenvalue weighted by atomic mass is 15.0. The molecule has 4 aromatic heterocycles. The topological polar surface area (TPSA) is 43.6 Å². The maximum atomic E-state index is 5.20. The van der Waals surface area contributed by atoms with E-state index in [4.69, 9.17) is 4.98 Å². The molecule has 0 fully saturated rings. The van der Waals surface area contributed by atoms with Crippen molar-refractivity contribution in [1.29, 1.82) is 0 Å². The zero-order valence-electron chi connectivity index (χ0n) is 24.3. The summed E-state index contributed by atoms with van der Waals surface area (Å²) in [7, 11) is 0. The Morgan fingerprint density at radius 3 is 2.09 bits per heavy atom. The minimum Gasteiger partial charge on any atom is -0.308 e. The standard InChI is InChI=1S/C41H26N4/c1-2-13-31-27(10-1)23-36(33-15-4-3-14-32(31)33)29-24-38(44-39(25-29)37-17-7-8-20-43-37)28-11-9-12-30(22-28)45-40-18-6-5-16-34(40)35-19-21-42-26-41(35)45/h1-26H. The lowest BCUT2D eigenvalue weighted by Gasteiger charge is -2.15. The summed E-state index contributed by atoms with van der Waals surface area (Å²) in [5.74, 6) is 0. The van der Waals surface area contributed by atoms with Crippen LogP contribution in [0.15, 0.2) is 158 Å². The van der Waals surface area contributed by atoms with Crippen molar-refractivity contribution in [3.05, 3.63) is 158 Å². The first-order valence-corrected chi connectivity index (χ1v) is 15.1. The summed E-state index contributed by atoms with van der Waals surface area (Å²) in [6.07, 6.45) is 5.64. The van der Waals surface area contributed by atoms with E-state index in [-0.39, 0.29) is 0 Å². The van der Waals surface area contributed by atoms with Crippen molar-refractivity contribution in [2.45, 2.75) is 0 Å². The van der Waals surface area contributed by atoms with E-state index < -0.39 is 0 Å². The summed E-state index contributed by atoms with van der Waals surface area (Å²) in [6, 6.07) is 49.2. The third-order valence-electron chi connectivity index (χ3n) is 8.71. The fourth-order valence-electron chi connectivity index (χ4n) is 6.67. The van der Waals surface area contributed by atoms with E-state index in [9.17, 15) is 0 Å². The maximum Gasteiger partial charge on any atom is 0.0899 e. The second-order valence-electron chi connectivity index (χ2n) is 11.3. The van der Waals surface area contributed by atoms with Gasteiger partial charge in [-0.05, 0) is 87.3 Å². The smallest absolute Gasteiger partial charge is 0.0899 e. The second kappa shape index (κ2) is 10.2. The van der Waals surface area contributed by atoms with Crippen LogP contribution in [0, 0.1) is 0 Å². The molecular weight excluding hydrogens is 548 g/mol. The predicted molar refractivity (Wildman–Crippen MR) is 185 cm³/mol. The Balaban J connectivity index is 1.29. The van der Waals surface area contributed by atoms with E-state index in [2.05, 4.69) is 136 Å². The van der Waals surface area contributed by atoms with Gasteiger partial charge in [0.1, 0.15) is 0 Å². The lowest BCUT2D eigenvalue weighted by Crippen LogP contribution is -1.96. The van der Waals surface area contributed by atoms with Crippen LogP contribution in [0.2, 0.25) is 0 Å². The van der Waals surface area contributed by atoms with Gasteiger partial charge < -0.3 is 4.57 Å². The molecule has 0 aliphatic heterocycles. The number of hydrogen-bond acceptors (Lipinski definition) is 3. The molecule has 0 saturated heterocycles. The third kappa shape index (κ3) is 4.19. The van der Waals surface area contributed by atoms with Gasteiger partial charge in [0.05, 0.1) is 34.3 Å². The van der Waals surface area contributed by atoms with E-state index >= 15 is 0 Å². The van der Waals surface area contributed by atoms with Gasteiger partial charge in [0.2, 0.25) is 0 Å². The van der Waals surface area contributed by atoms with Crippen LogP contribution >= 0.6 is 0 Å². The first kappa shape index (κ1) is 25.4. The number of aromatic nitrogens is 4. The van der Waals surface area contributed by atoms with E-state index in [0.717, 1.165) is 44.9 Å². The average molecular weight is 575 g/mol. The molecule has 0 radical (unpaired) electrons. The van der Waals surface area contributed by atoms with Crippen molar-refractivity contribution >= 4 is 43.4 Å². The Hall–Kier alpha value is -6.13. The lowest BCUT2D eigenvalue weighted by atomic mass is 9.92. The molecule has 210 valence electrons. The zero-order chi connectivity index (χ0) is 29.7. The largest absolute Gasteiger partial charge is 0.308 e. The van der Waals surface area contributed by atoms with E-state index in [1.807, 2.05) is 36.8 Å². The number of benzene rings is 5. The van der Waals surface area contributed by atoms with Crippen LogP contribution in [0.25, 0.3) is 82.8 Å². The Kier molecular flexibility index (Phi) is 5.78. The van der Waals surface area contributed by atoms with Gasteiger partial charge in [0.25, 0.3) is 0 Å². The molecule has 4 heteroatoms. The summed E-state index contributed by atoms with van der Waals surface area (Å²) in [5, 5.41) is 7.32. The summed E-state index contributed by atoms with van der Waals surface area (Å²) < 4.78 is 2.29. The van der Waals surface area contributed by atoms with Gasteiger partial charge in [-0.2, -0.15) is 0 Å². The molecule has 0 atom stereocenters. The Morgan fingerprint density at radius 2 is 1.20 bits per heavy atom. The van der Waals surface area contributed by atoms with Crippen LogP contribution in [-0.2, 0) is 0 Å². The molecule has 0 unspecified atom stereocenters. The van der Waals surface area contributed by atoms with Crippen LogP contribution in [0.3, 0.4) is 0 Å². The molecule has 4 heterocycles. The van der Waals surface area contributed by atoms with Crippen molar-refractivity contribution in [2.75, 3.05) is 0 Å². The van der Waals surface area contributed by atoms with E-state index in [1.165, 1.54) is 37.9 Å². The Labute approximate surface area is 259 Å². The summed E-state index contributed by atoms with van der Waals surface area (Å²) in [5.41, 5.74) is 9.18. The molecule has 5 aromatic carbocycles. The van der Waals surface area contributed by atoms with E-state index in [0.29, 0.717) is 0 Å². The molecule has 45 heavy (non-hydrogen) atoms. The average Bonchev–Trinajstić information content (AvgIpc) is 3.46. The summed E-state index contributed by atoms with van der Waals surface area (Å²) >= 11 is 0. The quantitative estimate of drug-likeness (QED) is 0.196. The normalized spacial score (nSPS) is 11.6. The zero-order valence-corrected chi connectivity index (χ0v) is 24.3. The Morgan fingerprint density at radius 1 is 0.444 bits per heavy atom. The molecule has 0 aliphatic carbocycles. The molecule has 9 rings (SSSR count). The molecule has 0 aliphatic rings. The van der Waals surface area contributed by atoms with Gasteiger partial charge in [-0.25, -0.2) is 4.98 Å². The monoisotopic (exact) mass is 574 g/mol. The van der Waals surface area contributed by atoms with Gasteiger partial charge in [-0.1, -0.05) is 84.9 Å². The molecule has 0 N–H and O–H groups in total. The van der Waals surface area contributed by atoms with Crippen molar-refractivity contribution in [2.24, 2.45) is 0 Å². The maximum absolute atomic E-state index is 5.20. The number of para-hydroxylation sites is 1. The highest BCUT2D eigenvalue weighted by molar-refractivity contribution is 6.14. The van der Waals surface area contributed by atoms with E-state index in [1.54, 1.807) is 0 Å². The van der Waals surface area contributed by atoms with Gasteiger partial charge in [-0.15, -0.1) is 0 Å². The number of hydrogen-bond donors (Lipinski definition) is 0. The van der Waals surface area contributed by atoms with Crippen LogP contribution in [-0.4, -0.2) is 19.5 Å². The molecule has 9 aromatic rings. The third-order valence-corrected chi connectivity index (χ3v) is 8.71. The highest BCUT2D eigenvalue weighted by Crippen LogP contribution is 2.38. The minimum absolute atomic E-state index is 0.840. The second-order valence-corrected chi connectivity index (χ2v) is 11.3. The first-order valence-electron chi connectivity index (χ1n) is 15.1. The molecule has 0 amide bonds. The van der Waals surface area contributed by atoms with Gasteiger partial charge in [0.15, 0.2) is 0 Å². The highest BCUT2D eigenvalue weighted by Gasteiger charge is 2.16. The summed E-state index contributed by atoms with van der Waals surface area (Å²) in [6.45, 7) is 0. The van der Waals surface area contributed by atoms with Crippen LogP contribution in [0.4, 0.5) is 0 Å². The number of fused-ring (bicyclic) bond motifs is 6. The van der Waals surface area contributed by atoms with Crippen LogP contribution < -0.4 is 0 Å². The van der Waals surface area contributed by atoms with Crippen LogP contribution in [0.5, 0.6) is 0 Å². The molecule has 4 nitrogen and oxygen atoms in total. The minimum atomic E-state index is 0.840. The van der Waals surface area contributed by atoms with Gasteiger partial charge >= 0.3 is 0 Å². The fraction of sp³-hybridized carbons (Fsp3) is 0. The van der Waals surface area contributed by atoms with Crippen LogP contribution in [0.1, 0.15) is 0 Å². The van der Waals surface area contributed by atoms with Crippen molar-refractivity contribution < 1.29 is 0 Å². The molecule has 0 spiro atoms. The number of pyridine rings is 3. The van der Waals surface area contributed by atoms with Crippen molar-refractivity contribution in [3.8, 4) is 39.5 Å². The lowest BCUT2D eigenvalue weighted by molar-refractivity contribution is 1.16. The van der Waals surface area contributed by atoms with Gasteiger partial charge in [-0.3, -0.25) is 9.97 Å². The molecular formula is C41H26N4. The SMILES string of the molecule is c1ccc(-c2cc(-c3cc4ccccc4c4ccccc34)cc(-c3cccc(-n4c5ccccc5c5ccncc54)c3)n2)nc1. The van der Waals surface area contributed by atoms with Crippen molar-refractivity contribution in [3.63, 3.8) is 0 Å². The Bertz CT molecular complexity index is 2490.